The number of carboxylic acid groups (broad SMARTS) is 1. The molecule has 1 aromatic rings. The third kappa shape index (κ3) is 2.98. The monoisotopic (exact) mass is 250 g/mol. The molecule has 1 unspecified atom stereocenters. The second kappa shape index (κ2) is 5.82. The summed E-state index contributed by atoms with van der Waals surface area (Å²) in [6.07, 6.45) is 6.60. The van der Waals surface area contributed by atoms with Crippen molar-refractivity contribution in [3.05, 3.63) is 24.0 Å². The number of aromatic carboxylic acids is 1. The number of likely N-dealkylation sites (N-methyl/N-ethyl adjacent to an activating group) is 1. The fourth-order valence-corrected chi connectivity index (χ4v) is 2.23. The van der Waals surface area contributed by atoms with Crippen LogP contribution in [0.15, 0.2) is 18.5 Å². The molecule has 0 amide bonds. The first-order chi connectivity index (χ1) is 8.68. The van der Waals surface area contributed by atoms with E-state index < -0.39 is 5.97 Å². The van der Waals surface area contributed by atoms with E-state index in [0.29, 0.717) is 12.2 Å². The van der Waals surface area contributed by atoms with E-state index in [4.69, 9.17) is 9.84 Å². The molecule has 5 heteroatoms. The SMILES string of the molecule is CN(CC1CCCCO1)c1cnccc1C(=O)O. The molecule has 1 saturated heterocycles. The molecular weight excluding hydrogens is 232 g/mol. The van der Waals surface area contributed by atoms with Crippen molar-refractivity contribution in [1.29, 1.82) is 0 Å². The van der Waals surface area contributed by atoms with Gasteiger partial charge in [0.1, 0.15) is 0 Å². The third-order valence-electron chi connectivity index (χ3n) is 3.19. The van der Waals surface area contributed by atoms with Gasteiger partial charge in [0, 0.05) is 26.4 Å². The molecule has 0 aliphatic carbocycles. The molecule has 1 atom stereocenters. The predicted molar refractivity (Wildman–Crippen MR) is 68.1 cm³/mol. The van der Waals surface area contributed by atoms with Crippen molar-refractivity contribution in [2.75, 3.05) is 25.1 Å². The molecule has 1 N–H and O–H groups in total. The summed E-state index contributed by atoms with van der Waals surface area (Å²) in [7, 11) is 1.88. The number of nitrogens with zero attached hydrogens (tertiary/aromatic N) is 2. The third-order valence-corrected chi connectivity index (χ3v) is 3.19. The van der Waals surface area contributed by atoms with Gasteiger partial charge < -0.3 is 14.7 Å². The standard InChI is InChI=1S/C13H18N2O3/c1-15(9-10-4-2-3-7-18-10)12-8-14-6-5-11(12)13(16)17/h5-6,8,10H,2-4,7,9H2,1H3,(H,16,17). The summed E-state index contributed by atoms with van der Waals surface area (Å²) in [6.45, 7) is 1.50. The normalized spacial score (nSPS) is 19.5. The summed E-state index contributed by atoms with van der Waals surface area (Å²) in [5.41, 5.74) is 0.919. The molecule has 1 aliphatic heterocycles. The summed E-state index contributed by atoms with van der Waals surface area (Å²) in [5, 5.41) is 9.13. The summed E-state index contributed by atoms with van der Waals surface area (Å²) in [6, 6.07) is 1.52. The number of rotatable bonds is 4. The summed E-state index contributed by atoms with van der Waals surface area (Å²) >= 11 is 0. The van der Waals surface area contributed by atoms with Crippen molar-refractivity contribution in [2.24, 2.45) is 0 Å². The molecule has 98 valence electrons. The highest BCUT2D eigenvalue weighted by molar-refractivity contribution is 5.94. The van der Waals surface area contributed by atoms with Gasteiger partial charge in [0.25, 0.3) is 0 Å². The highest BCUT2D eigenvalue weighted by Crippen LogP contribution is 2.20. The van der Waals surface area contributed by atoms with Crippen molar-refractivity contribution < 1.29 is 14.6 Å². The van der Waals surface area contributed by atoms with Gasteiger partial charge >= 0.3 is 5.97 Å². The summed E-state index contributed by atoms with van der Waals surface area (Å²) in [4.78, 5) is 17.0. The molecule has 2 heterocycles. The van der Waals surface area contributed by atoms with Crippen LogP contribution in [0.3, 0.4) is 0 Å². The Morgan fingerprint density at radius 3 is 3.11 bits per heavy atom. The molecule has 1 aromatic heterocycles. The van der Waals surface area contributed by atoms with Crippen LogP contribution in [-0.2, 0) is 4.74 Å². The molecular formula is C13H18N2O3. The summed E-state index contributed by atoms with van der Waals surface area (Å²) < 4.78 is 5.66. The van der Waals surface area contributed by atoms with Gasteiger partial charge in [0.05, 0.1) is 23.6 Å². The second-order valence-electron chi connectivity index (χ2n) is 4.57. The Labute approximate surface area is 106 Å². The number of aromatic nitrogens is 1. The van der Waals surface area contributed by atoms with E-state index in [1.165, 1.54) is 18.7 Å². The van der Waals surface area contributed by atoms with Crippen LogP contribution < -0.4 is 4.90 Å². The lowest BCUT2D eigenvalue weighted by molar-refractivity contribution is 0.0215. The minimum atomic E-state index is -0.927. The molecule has 0 bridgehead atoms. The van der Waals surface area contributed by atoms with E-state index in [1.54, 1.807) is 6.20 Å². The fraction of sp³-hybridized carbons (Fsp3) is 0.538. The minimum Gasteiger partial charge on any atom is -0.478 e. The lowest BCUT2D eigenvalue weighted by Gasteiger charge is -2.29. The molecule has 0 saturated carbocycles. The highest BCUT2D eigenvalue weighted by Gasteiger charge is 2.19. The van der Waals surface area contributed by atoms with Gasteiger partial charge in [-0.2, -0.15) is 0 Å². The van der Waals surface area contributed by atoms with Crippen LogP contribution in [0.5, 0.6) is 0 Å². The molecule has 0 spiro atoms. The maximum atomic E-state index is 11.1. The molecule has 18 heavy (non-hydrogen) atoms. The Hall–Kier alpha value is -1.62. The van der Waals surface area contributed by atoms with Crippen molar-refractivity contribution >= 4 is 11.7 Å². The van der Waals surface area contributed by atoms with Crippen LogP contribution >= 0.6 is 0 Å². The highest BCUT2D eigenvalue weighted by atomic mass is 16.5. The topological polar surface area (TPSA) is 62.7 Å². The van der Waals surface area contributed by atoms with Crippen LogP contribution in [0.25, 0.3) is 0 Å². The first kappa shape index (κ1) is 12.8. The zero-order valence-corrected chi connectivity index (χ0v) is 10.5. The number of hydrogen-bond donors (Lipinski definition) is 1. The van der Waals surface area contributed by atoms with Gasteiger partial charge in [-0.3, -0.25) is 4.98 Å². The maximum Gasteiger partial charge on any atom is 0.337 e. The van der Waals surface area contributed by atoms with Crippen LogP contribution in [0.2, 0.25) is 0 Å². The lowest BCUT2D eigenvalue weighted by Crippen LogP contribution is -2.34. The van der Waals surface area contributed by atoms with E-state index in [1.807, 2.05) is 11.9 Å². The molecule has 0 aromatic carbocycles. The molecule has 0 radical (unpaired) electrons. The number of anilines is 1. The fourth-order valence-electron chi connectivity index (χ4n) is 2.23. The summed E-state index contributed by atoms with van der Waals surface area (Å²) in [5.74, 6) is -0.927. The smallest absolute Gasteiger partial charge is 0.337 e. The quantitative estimate of drug-likeness (QED) is 0.882. The van der Waals surface area contributed by atoms with E-state index in [9.17, 15) is 4.79 Å². The van der Waals surface area contributed by atoms with E-state index in [2.05, 4.69) is 4.98 Å². The second-order valence-corrected chi connectivity index (χ2v) is 4.57. The lowest BCUT2D eigenvalue weighted by atomic mass is 10.1. The number of hydrogen-bond acceptors (Lipinski definition) is 4. The van der Waals surface area contributed by atoms with Crippen LogP contribution in [0.4, 0.5) is 5.69 Å². The van der Waals surface area contributed by atoms with Crippen molar-refractivity contribution in [1.82, 2.24) is 4.98 Å². The average Bonchev–Trinajstić information content (AvgIpc) is 2.40. The largest absolute Gasteiger partial charge is 0.478 e. The van der Waals surface area contributed by atoms with Crippen LogP contribution in [0.1, 0.15) is 29.6 Å². The first-order valence-corrected chi connectivity index (χ1v) is 6.18. The predicted octanol–water partition coefficient (Wildman–Crippen LogP) is 1.79. The first-order valence-electron chi connectivity index (χ1n) is 6.18. The van der Waals surface area contributed by atoms with Crippen LogP contribution in [-0.4, -0.2) is 42.4 Å². The molecule has 5 nitrogen and oxygen atoms in total. The van der Waals surface area contributed by atoms with Crippen molar-refractivity contribution in [3.63, 3.8) is 0 Å². The zero-order chi connectivity index (χ0) is 13.0. The van der Waals surface area contributed by atoms with Crippen molar-refractivity contribution in [3.8, 4) is 0 Å². The average molecular weight is 250 g/mol. The van der Waals surface area contributed by atoms with Gasteiger partial charge in [-0.25, -0.2) is 4.79 Å². The van der Waals surface area contributed by atoms with Gasteiger partial charge in [0.2, 0.25) is 0 Å². The van der Waals surface area contributed by atoms with E-state index >= 15 is 0 Å². The molecule has 1 fully saturated rings. The van der Waals surface area contributed by atoms with E-state index in [0.717, 1.165) is 19.4 Å². The Kier molecular flexibility index (Phi) is 4.15. The Morgan fingerprint density at radius 2 is 2.44 bits per heavy atom. The maximum absolute atomic E-state index is 11.1. The number of carboxylic acids is 1. The number of carbonyl (C=O) groups is 1. The Bertz CT molecular complexity index is 416. The van der Waals surface area contributed by atoms with Crippen LogP contribution in [0, 0.1) is 0 Å². The van der Waals surface area contributed by atoms with Gasteiger partial charge in [-0.05, 0) is 25.3 Å². The van der Waals surface area contributed by atoms with Gasteiger partial charge in [0.15, 0.2) is 0 Å². The number of ether oxygens (including phenoxy) is 1. The zero-order valence-electron chi connectivity index (χ0n) is 10.5. The van der Waals surface area contributed by atoms with Crippen molar-refractivity contribution in [2.45, 2.75) is 25.4 Å². The van der Waals surface area contributed by atoms with Gasteiger partial charge in [-0.1, -0.05) is 0 Å². The van der Waals surface area contributed by atoms with Gasteiger partial charge in [-0.15, -0.1) is 0 Å². The minimum absolute atomic E-state index is 0.186. The molecule has 1 aliphatic rings. The number of pyridine rings is 1. The Morgan fingerprint density at radius 1 is 1.61 bits per heavy atom. The van der Waals surface area contributed by atoms with E-state index in [-0.39, 0.29) is 11.7 Å². The molecule has 2 rings (SSSR count). The Balaban J connectivity index is 2.08.